The van der Waals surface area contributed by atoms with Gasteiger partial charge in [-0.2, -0.15) is 0 Å². The minimum atomic E-state index is -3.80. The standard InChI is InChI=1S/C24H29N5O5S/c1-16(30)29-12-9-19(10-13-29)35(32,33)28-24-23(25-20-5-3-4-6-21(20)26-24)27-22-15-18(31)8-7-17(22)11-14-34-2/h3-8,15,19,31H,9-14H2,1-2H3,(H,25,27)(H,26,28). The molecule has 0 unspecified atom stereocenters. The summed E-state index contributed by atoms with van der Waals surface area (Å²) in [6, 6.07) is 12.1. The summed E-state index contributed by atoms with van der Waals surface area (Å²) in [7, 11) is -2.19. The van der Waals surface area contributed by atoms with Gasteiger partial charge in [0.25, 0.3) is 0 Å². The van der Waals surface area contributed by atoms with Gasteiger partial charge in [-0.25, -0.2) is 18.4 Å². The molecule has 1 fully saturated rings. The zero-order chi connectivity index (χ0) is 25.0. The molecule has 10 nitrogen and oxygen atoms in total. The highest BCUT2D eigenvalue weighted by molar-refractivity contribution is 7.93. The first-order valence-electron chi connectivity index (χ1n) is 11.4. The van der Waals surface area contributed by atoms with Crippen LogP contribution in [0, 0.1) is 0 Å². The first-order chi connectivity index (χ1) is 16.8. The van der Waals surface area contributed by atoms with Crippen molar-refractivity contribution in [3.8, 4) is 5.75 Å². The monoisotopic (exact) mass is 499 g/mol. The SMILES string of the molecule is COCCc1ccc(O)cc1Nc1nc2ccccc2nc1NS(=O)(=O)C1CCN(C(C)=O)CC1. The van der Waals surface area contributed by atoms with Crippen molar-refractivity contribution in [2.75, 3.05) is 36.8 Å². The lowest BCUT2D eigenvalue weighted by Gasteiger charge is -2.31. The van der Waals surface area contributed by atoms with E-state index in [1.807, 2.05) is 6.07 Å². The van der Waals surface area contributed by atoms with Crippen molar-refractivity contribution in [1.29, 1.82) is 0 Å². The van der Waals surface area contributed by atoms with Gasteiger partial charge in [-0.15, -0.1) is 0 Å². The number of nitrogens with one attached hydrogen (secondary N) is 2. The van der Waals surface area contributed by atoms with E-state index in [0.717, 1.165) is 5.56 Å². The maximum absolute atomic E-state index is 13.3. The fourth-order valence-corrected chi connectivity index (χ4v) is 5.51. The molecule has 1 aliphatic rings. The quantitative estimate of drug-likeness (QED) is 0.431. The molecule has 0 saturated carbocycles. The Hall–Kier alpha value is -3.44. The lowest BCUT2D eigenvalue weighted by Crippen LogP contribution is -2.43. The number of piperidine rings is 1. The van der Waals surface area contributed by atoms with Crippen molar-refractivity contribution in [2.45, 2.75) is 31.4 Å². The van der Waals surface area contributed by atoms with Gasteiger partial charge in [0, 0.05) is 38.9 Å². The average Bonchev–Trinajstić information content (AvgIpc) is 2.84. The smallest absolute Gasteiger partial charge is 0.237 e. The average molecular weight is 500 g/mol. The number of likely N-dealkylation sites (tertiary alicyclic amines) is 1. The highest BCUT2D eigenvalue weighted by Gasteiger charge is 2.32. The zero-order valence-electron chi connectivity index (χ0n) is 19.7. The van der Waals surface area contributed by atoms with Crippen LogP contribution in [-0.4, -0.2) is 66.4 Å². The summed E-state index contributed by atoms with van der Waals surface area (Å²) >= 11 is 0. The number of fused-ring (bicyclic) bond motifs is 1. The number of benzene rings is 2. The number of para-hydroxylation sites is 2. The summed E-state index contributed by atoms with van der Waals surface area (Å²) < 4.78 is 34.4. The van der Waals surface area contributed by atoms with Crippen LogP contribution < -0.4 is 10.0 Å². The number of phenols is 1. The number of ether oxygens (including phenoxy) is 1. The number of rotatable bonds is 8. The van der Waals surface area contributed by atoms with Crippen LogP contribution in [0.5, 0.6) is 5.75 Å². The molecule has 35 heavy (non-hydrogen) atoms. The van der Waals surface area contributed by atoms with Crippen molar-refractivity contribution in [3.05, 3.63) is 48.0 Å². The number of hydrogen-bond donors (Lipinski definition) is 3. The minimum absolute atomic E-state index is 0.0572. The van der Waals surface area contributed by atoms with Gasteiger partial charge in [0.1, 0.15) is 5.75 Å². The van der Waals surface area contributed by atoms with E-state index in [0.29, 0.717) is 55.7 Å². The Bertz CT molecular complexity index is 1320. The molecule has 1 aliphatic heterocycles. The molecule has 186 valence electrons. The van der Waals surface area contributed by atoms with Gasteiger partial charge in [-0.3, -0.25) is 9.52 Å². The Morgan fingerprint density at radius 3 is 2.40 bits per heavy atom. The Morgan fingerprint density at radius 2 is 1.77 bits per heavy atom. The molecule has 2 heterocycles. The molecule has 4 rings (SSSR count). The number of anilines is 3. The number of aromatic nitrogens is 2. The van der Waals surface area contributed by atoms with Crippen LogP contribution in [0.15, 0.2) is 42.5 Å². The maximum atomic E-state index is 13.3. The maximum Gasteiger partial charge on any atom is 0.237 e. The number of phenolic OH excluding ortho intramolecular Hbond substituents is 1. The topological polar surface area (TPSA) is 134 Å². The number of methoxy groups -OCH3 is 1. The number of hydrogen-bond acceptors (Lipinski definition) is 8. The summed E-state index contributed by atoms with van der Waals surface area (Å²) in [6.07, 6.45) is 1.26. The fraction of sp³-hybridized carbons (Fsp3) is 0.375. The molecule has 0 bridgehead atoms. The summed E-state index contributed by atoms with van der Waals surface area (Å²) in [4.78, 5) is 22.4. The molecule has 3 N–H and O–H groups in total. The van der Waals surface area contributed by atoms with E-state index in [-0.39, 0.29) is 23.3 Å². The molecular formula is C24H29N5O5S. The molecule has 0 atom stereocenters. The zero-order valence-corrected chi connectivity index (χ0v) is 20.5. The van der Waals surface area contributed by atoms with E-state index in [9.17, 15) is 18.3 Å². The van der Waals surface area contributed by atoms with Crippen molar-refractivity contribution in [3.63, 3.8) is 0 Å². The van der Waals surface area contributed by atoms with Gasteiger partial charge < -0.3 is 20.1 Å². The molecule has 0 aliphatic carbocycles. The second-order valence-corrected chi connectivity index (χ2v) is 10.4. The largest absolute Gasteiger partial charge is 0.508 e. The first kappa shape index (κ1) is 24.7. The second kappa shape index (κ2) is 10.4. The third kappa shape index (κ3) is 5.80. The van der Waals surface area contributed by atoms with Crippen molar-refractivity contribution >= 4 is 44.3 Å². The van der Waals surface area contributed by atoms with Crippen LogP contribution in [0.2, 0.25) is 0 Å². The molecule has 2 aromatic carbocycles. The van der Waals surface area contributed by atoms with Gasteiger partial charge in [-0.05, 0) is 43.0 Å². The van der Waals surface area contributed by atoms with Gasteiger partial charge >= 0.3 is 0 Å². The third-order valence-electron chi connectivity index (χ3n) is 6.06. The summed E-state index contributed by atoms with van der Waals surface area (Å²) in [5.74, 6) is 0.286. The molecule has 1 saturated heterocycles. The van der Waals surface area contributed by atoms with Crippen molar-refractivity contribution in [2.24, 2.45) is 0 Å². The van der Waals surface area contributed by atoms with E-state index in [2.05, 4.69) is 20.0 Å². The Morgan fingerprint density at radius 1 is 1.11 bits per heavy atom. The molecule has 11 heteroatoms. The molecule has 1 aromatic heterocycles. The van der Waals surface area contributed by atoms with Gasteiger partial charge in [0.15, 0.2) is 11.6 Å². The van der Waals surface area contributed by atoms with E-state index in [1.54, 1.807) is 48.4 Å². The number of carbonyl (C=O) groups excluding carboxylic acids is 1. The van der Waals surface area contributed by atoms with E-state index >= 15 is 0 Å². The van der Waals surface area contributed by atoms with Crippen LogP contribution >= 0.6 is 0 Å². The summed E-state index contributed by atoms with van der Waals surface area (Å²) in [5.41, 5.74) is 2.57. The van der Waals surface area contributed by atoms with Crippen LogP contribution in [-0.2, 0) is 26.0 Å². The molecule has 0 spiro atoms. The second-order valence-electron chi connectivity index (χ2n) is 8.47. The number of sulfonamides is 1. The van der Waals surface area contributed by atoms with E-state index in [1.165, 1.54) is 6.92 Å². The number of amides is 1. The normalized spacial score (nSPS) is 14.7. The Labute approximate surface area is 204 Å². The predicted molar refractivity (Wildman–Crippen MR) is 134 cm³/mol. The Balaban J connectivity index is 1.67. The first-order valence-corrected chi connectivity index (χ1v) is 12.9. The lowest BCUT2D eigenvalue weighted by atomic mass is 10.1. The lowest BCUT2D eigenvalue weighted by molar-refractivity contribution is -0.129. The van der Waals surface area contributed by atoms with Crippen molar-refractivity contribution in [1.82, 2.24) is 14.9 Å². The fourth-order valence-electron chi connectivity index (χ4n) is 4.10. The van der Waals surface area contributed by atoms with Gasteiger partial charge in [-0.1, -0.05) is 18.2 Å². The summed E-state index contributed by atoms with van der Waals surface area (Å²) in [5, 5.41) is 12.6. The van der Waals surface area contributed by atoms with Crippen LogP contribution in [0.3, 0.4) is 0 Å². The molecular weight excluding hydrogens is 470 g/mol. The van der Waals surface area contributed by atoms with Crippen LogP contribution in [0.4, 0.5) is 17.3 Å². The number of aromatic hydroxyl groups is 1. The minimum Gasteiger partial charge on any atom is -0.508 e. The van der Waals surface area contributed by atoms with E-state index < -0.39 is 15.3 Å². The highest BCUT2D eigenvalue weighted by atomic mass is 32.2. The van der Waals surface area contributed by atoms with Gasteiger partial charge in [0.2, 0.25) is 15.9 Å². The molecule has 1 amide bonds. The predicted octanol–water partition coefficient (Wildman–Crippen LogP) is 3.02. The highest BCUT2D eigenvalue weighted by Crippen LogP contribution is 2.31. The molecule has 0 radical (unpaired) electrons. The van der Waals surface area contributed by atoms with Crippen LogP contribution in [0.25, 0.3) is 11.0 Å². The van der Waals surface area contributed by atoms with Crippen molar-refractivity contribution < 1.29 is 23.1 Å². The van der Waals surface area contributed by atoms with E-state index in [4.69, 9.17) is 4.74 Å². The number of carbonyl (C=O) groups is 1. The molecule has 3 aromatic rings. The van der Waals surface area contributed by atoms with Gasteiger partial charge in [0.05, 0.1) is 22.9 Å². The number of nitrogens with zero attached hydrogens (tertiary/aromatic N) is 3. The van der Waals surface area contributed by atoms with Crippen LogP contribution in [0.1, 0.15) is 25.3 Å². The summed E-state index contributed by atoms with van der Waals surface area (Å²) in [6.45, 7) is 2.74. The third-order valence-corrected chi connectivity index (χ3v) is 7.88. The Kier molecular flexibility index (Phi) is 7.37.